The van der Waals surface area contributed by atoms with E-state index in [0.717, 1.165) is 28.2 Å². The smallest absolute Gasteiger partial charge is 0.344 e. The number of thioether (sulfide) groups is 1. The summed E-state index contributed by atoms with van der Waals surface area (Å²) in [5, 5.41) is 11.5. The van der Waals surface area contributed by atoms with Crippen LogP contribution in [0.3, 0.4) is 0 Å². The normalized spacial score (nSPS) is 16.0. The summed E-state index contributed by atoms with van der Waals surface area (Å²) in [5.41, 5.74) is 7.31. The van der Waals surface area contributed by atoms with Crippen molar-refractivity contribution in [2.75, 3.05) is 6.61 Å². The molecule has 0 saturated carbocycles. The Morgan fingerprint density at radius 2 is 1.79 bits per heavy atom. The van der Waals surface area contributed by atoms with Crippen LogP contribution >= 0.6 is 11.8 Å². The molecule has 6 heteroatoms. The van der Waals surface area contributed by atoms with Crippen LogP contribution in [0.15, 0.2) is 75.8 Å². The van der Waals surface area contributed by atoms with Crippen LogP contribution in [0.25, 0.3) is 11.8 Å². The van der Waals surface area contributed by atoms with E-state index in [9.17, 15) is 9.90 Å². The Balaban J connectivity index is 1.77. The number of ether oxygens (including phenoxy) is 1. The lowest BCUT2D eigenvalue weighted by Crippen LogP contribution is -2.12. The molecule has 3 aromatic rings. The highest BCUT2D eigenvalue weighted by atomic mass is 32.2. The molecule has 4 rings (SSSR count). The Morgan fingerprint density at radius 3 is 2.47 bits per heavy atom. The molecule has 2 aromatic carbocycles. The van der Waals surface area contributed by atoms with Crippen LogP contribution in [0.4, 0.5) is 5.69 Å². The quantitative estimate of drug-likeness (QED) is 0.410. The molecule has 174 valence electrons. The third kappa shape index (κ3) is 4.73. The van der Waals surface area contributed by atoms with E-state index in [1.807, 2.05) is 43.3 Å². The van der Waals surface area contributed by atoms with Crippen molar-refractivity contribution in [1.29, 1.82) is 0 Å². The number of hydrogen-bond donors (Lipinski definition) is 1. The average Bonchev–Trinajstić information content (AvgIpc) is 3.25. The van der Waals surface area contributed by atoms with E-state index >= 15 is 0 Å². The summed E-state index contributed by atoms with van der Waals surface area (Å²) in [4.78, 5) is 17.9. The fourth-order valence-electron chi connectivity index (χ4n) is 3.97. The first kappa shape index (κ1) is 23.6. The summed E-state index contributed by atoms with van der Waals surface area (Å²) in [5.74, 6) is -0.679. The molecule has 0 fully saturated rings. The van der Waals surface area contributed by atoms with E-state index in [0.29, 0.717) is 15.6 Å². The zero-order valence-corrected chi connectivity index (χ0v) is 20.9. The van der Waals surface area contributed by atoms with Gasteiger partial charge in [-0.25, -0.2) is 9.79 Å². The fraction of sp³-hybridized carbons (Fsp3) is 0.214. The molecule has 0 amide bonds. The highest BCUT2D eigenvalue weighted by molar-refractivity contribution is 8.18. The van der Waals surface area contributed by atoms with Crippen molar-refractivity contribution in [2.45, 2.75) is 34.6 Å². The molecule has 1 aliphatic heterocycles. The zero-order chi connectivity index (χ0) is 24.4. The van der Waals surface area contributed by atoms with Crippen molar-refractivity contribution in [1.82, 2.24) is 4.57 Å². The molecule has 34 heavy (non-hydrogen) atoms. The zero-order valence-electron chi connectivity index (χ0n) is 20.0. The molecule has 0 atom stereocenters. The Hall–Kier alpha value is -3.51. The molecule has 0 saturated heterocycles. The molecule has 0 unspecified atom stereocenters. The number of aliphatic hydroxyl groups is 1. The second kappa shape index (κ2) is 9.77. The van der Waals surface area contributed by atoms with E-state index in [-0.39, 0.29) is 17.9 Å². The van der Waals surface area contributed by atoms with E-state index in [2.05, 4.69) is 54.6 Å². The minimum absolute atomic E-state index is 0.102. The molecule has 2 heterocycles. The molecule has 0 bridgehead atoms. The van der Waals surface area contributed by atoms with Crippen LogP contribution in [-0.4, -0.2) is 27.3 Å². The van der Waals surface area contributed by atoms with Gasteiger partial charge in [-0.15, -0.1) is 0 Å². The van der Waals surface area contributed by atoms with Gasteiger partial charge in [0.2, 0.25) is 0 Å². The number of aryl methyl sites for hydroxylation is 3. The van der Waals surface area contributed by atoms with Gasteiger partial charge in [-0.2, -0.15) is 0 Å². The molecule has 1 N–H and O–H groups in total. The number of aliphatic imine (C=N–C) groups is 1. The monoisotopic (exact) mass is 472 g/mol. The van der Waals surface area contributed by atoms with Gasteiger partial charge >= 0.3 is 5.97 Å². The van der Waals surface area contributed by atoms with E-state index < -0.39 is 5.97 Å². The summed E-state index contributed by atoms with van der Waals surface area (Å²) < 4.78 is 7.40. The van der Waals surface area contributed by atoms with Gasteiger partial charge in [-0.3, -0.25) is 0 Å². The minimum atomic E-state index is -0.577. The van der Waals surface area contributed by atoms with Gasteiger partial charge in [0, 0.05) is 17.1 Å². The van der Waals surface area contributed by atoms with Crippen molar-refractivity contribution < 1.29 is 14.6 Å². The Kier molecular flexibility index (Phi) is 6.80. The first-order chi connectivity index (χ1) is 16.3. The standard InChI is InChI=1S/C28H28N2O3S/c1-6-33-28(32)25-26(31)24(34-27(25)29-22-12-10-17(2)11-13-22)16-21-15-19(4)30(20(21)5)23-9-7-8-18(3)14-23/h7-16,31H,6H2,1-5H3. The van der Waals surface area contributed by atoms with Gasteiger partial charge in [0.15, 0.2) is 0 Å². The maximum absolute atomic E-state index is 12.7. The fourth-order valence-corrected chi connectivity index (χ4v) is 4.99. The predicted octanol–water partition coefficient (Wildman–Crippen LogP) is 6.90. The second-order valence-corrected chi connectivity index (χ2v) is 9.34. The van der Waals surface area contributed by atoms with E-state index in [4.69, 9.17) is 4.74 Å². The van der Waals surface area contributed by atoms with Crippen LogP contribution < -0.4 is 0 Å². The van der Waals surface area contributed by atoms with Crippen LogP contribution in [0.1, 0.15) is 35.0 Å². The van der Waals surface area contributed by atoms with Crippen LogP contribution in [0, 0.1) is 27.7 Å². The van der Waals surface area contributed by atoms with E-state index in [1.165, 1.54) is 17.3 Å². The number of aromatic nitrogens is 1. The topological polar surface area (TPSA) is 63.8 Å². The van der Waals surface area contributed by atoms with Gasteiger partial charge in [0.25, 0.3) is 0 Å². The number of nitrogens with zero attached hydrogens (tertiary/aromatic N) is 2. The molecule has 0 spiro atoms. The summed E-state index contributed by atoms with van der Waals surface area (Å²) in [6.07, 6.45) is 1.91. The lowest BCUT2D eigenvalue weighted by Gasteiger charge is -2.10. The van der Waals surface area contributed by atoms with E-state index in [1.54, 1.807) is 6.92 Å². The van der Waals surface area contributed by atoms with Crippen molar-refractivity contribution >= 4 is 34.5 Å². The number of hydrogen-bond acceptors (Lipinski definition) is 5. The largest absolute Gasteiger partial charge is 0.506 e. The Bertz CT molecular complexity index is 1340. The summed E-state index contributed by atoms with van der Waals surface area (Å²) in [6, 6.07) is 18.1. The Morgan fingerprint density at radius 1 is 1.06 bits per heavy atom. The van der Waals surface area contributed by atoms with Crippen LogP contribution in [0.5, 0.6) is 0 Å². The number of esters is 1. The first-order valence-electron chi connectivity index (χ1n) is 11.2. The number of aliphatic hydroxyl groups excluding tert-OH is 1. The third-order valence-electron chi connectivity index (χ3n) is 5.65. The van der Waals surface area contributed by atoms with Crippen molar-refractivity contribution in [3.8, 4) is 5.69 Å². The highest BCUT2D eigenvalue weighted by Gasteiger charge is 2.33. The maximum atomic E-state index is 12.7. The summed E-state index contributed by atoms with van der Waals surface area (Å²) >= 11 is 1.27. The average molecular weight is 473 g/mol. The SMILES string of the molecule is CCOC(=O)C1=C(O)C(=Cc2cc(C)n(-c3cccc(C)c3)c2C)SC1=Nc1ccc(C)cc1. The third-order valence-corrected chi connectivity index (χ3v) is 6.67. The molecule has 1 aromatic heterocycles. The van der Waals surface area contributed by atoms with Crippen LogP contribution in [-0.2, 0) is 9.53 Å². The van der Waals surface area contributed by atoms with Gasteiger partial charge in [0.05, 0.1) is 17.2 Å². The minimum Gasteiger partial charge on any atom is -0.506 e. The van der Waals surface area contributed by atoms with Gasteiger partial charge in [-0.1, -0.05) is 41.6 Å². The number of benzene rings is 2. The number of carbonyl (C=O) groups excluding carboxylic acids is 1. The molecular weight excluding hydrogens is 444 g/mol. The molecule has 0 aliphatic carbocycles. The van der Waals surface area contributed by atoms with Crippen molar-refractivity contribution in [3.63, 3.8) is 0 Å². The van der Waals surface area contributed by atoms with Gasteiger partial charge in [0.1, 0.15) is 16.4 Å². The predicted molar refractivity (Wildman–Crippen MR) is 140 cm³/mol. The summed E-state index contributed by atoms with van der Waals surface area (Å²) in [7, 11) is 0. The molecule has 1 aliphatic rings. The lowest BCUT2D eigenvalue weighted by molar-refractivity contribution is -0.138. The first-order valence-corrected chi connectivity index (χ1v) is 12.0. The van der Waals surface area contributed by atoms with Gasteiger partial charge in [-0.05, 0) is 82.2 Å². The van der Waals surface area contributed by atoms with Crippen molar-refractivity contribution in [3.05, 3.63) is 98.9 Å². The molecule has 0 radical (unpaired) electrons. The van der Waals surface area contributed by atoms with Crippen molar-refractivity contribution in [2.24, 2.45) is 4.99 Å². The summed E-state index contributed by atoms with van der Waals surface area (Å²) in [6.45, 7) is 10.1. The van der Waals surface area contributed by atoms with Gasteiger partial charge < -0.3 is 14.4 Å². The Labute approximate surface area is 204 Å². The lowest BCUT2D eigenvalue weighted by atomic mass is 10.1. The second-order valence-electron chi connectivity index (χ2n) is 8.31. The molecular formula is C28H28N2O3S. The molecule has 5 nitrogen and oxygen atoms in total. The number of rotatable bonds is 5. The number of carbonyl (C=O) groups is 1. The highest BCUT2D eigenvalue weighted by Crippen LogP contribution is 2.41. The maximum Gasteiger partial charge on any atom is 0.344 e. The van der Waals surface area contributed by atoms with Crippen LogP contribution in [0.2, 0.25) is 0 Å².